The Hall–Kier alpha value is -3.12. The normalized spacial score (nSPS) is 11.4. The molecule has 0 unspecified atom stereocenters. The molecule has 0 heterocycles. The topological polar surface area (TPSA) is 0 Å². The molecule has 216 valence electrons. The molecule has 0 saturated heterocycles. The quantitative estimate of drug-likeness (QED) is 0.258. The summed E-state index contributed by atoms with van der Waals surface area (Å²) >= 11 is 0. The van der Waals surface area contributed by atoms with Gasteiger partial charge in [-0.1, -0.05) is 129 Å². The van der Waals surface area contributed by atoms with Gasteiger partial charge in [0.2, 0.25) is 0 Å². The zero-order valence-electron chi connectivity index (χ0n) is 28.2. The van der Waals surface area contributed by atoms with E-state index in [0.717, 1.165) is 28.3 Å². The molecule has 39 heavy (non-hydrogen) atoms. The van der Waals surface area contributed by atoms with Crippen LogP contribution in [0, 0.1) is 24.3 Å². The average Bonchev–Trinajstić information content (AvgIpc) is 2.94. The van der Waals surface area contributed by atoms with Crippen molar-refractivity contribution in [1.29, 1.82) is 0 Å². The van der Waals surface area contributed by atoms with E-state index in [4.69, 9.17) is 0 Å². The molecule has 0 bridgehead atoms. The van der Waals surface area contributed by atoms with Gasteiger partial charge in [0.25, 0.3) is 0 Å². The number of aryl methyl sites for hydroxylation is 2. The predicted molar refractivity (Wildman–Crippen MR) is 186 cm³/mol. The van der Waals surface area contributed by atoms with Crippen molar-refractivity contribution < 1.29 is 0 Å². The van der Waals surface area contributed by atoms with Crippen molar-refractivity contribution in [3.63, 3.8) is 0 Å². The van der Waals surface area contributed by atoms with Crippen LogP contribution in [0.1, 0.15) is 112 Å². The van der Waals surface area contributed by atoms with Crippen LogP contribution in [-0.2, 0) is 0 Å². The second kappa shape index (κ2) is 22.8. The maximum atomic E-state index is 4.40. The van der Waals surface area contributed by atoms with Crippen molar-refractivity contribution in [1.82, 2.24) is 0 Å². The lowest BCUT2D eigenvalue weighted by molar-refractivity contribution is 1.22. The minimum absolute atomic E-state index is 0.908. The molecule has 0 amide bonds. The molecule has 0 aromatic heterocycles. The van der Waals surface area contributed by atoms with Gasteiger partial charge < -0.3 is 0 Å². The summed E-state index contributed by atoms with van der Waals surface area (Å²) in [4.78, 5) is 0. The molecule has 0 aliphatic heterocycles. The van der Waals surface area contributed by atoms with Gasteiger partial charge in [-0.05, 0) is 114 Å². The van der Waals surface area contributed by atoms with E-state index in [2.05, 4.69) is 97.4 Å². The van der Waals surface area contributed by atoms with Crippen LogP contribution in [0.15, 0.2) is 73.4 Å². The van der Waals surface area contributed by atoms with Crippen LogP contribution in [0.5, 0.6) is 0 Å². The lowest BCUT2D eigenvalue weighted by Crippen LogP contribution is -2.13. The van der Waals surface area contributed by atoms with Crippen LogP contribution in [0.3, 0.4) is 0 Å². The molecule has 2 rings (SSSR count). The molecule has 0 aliphatic rings. The van der Waals surface area contributed by atoms with Crippen LogP contribution in [0.25, 0.3) is 23.8 Å². The summed E-state index contributed by atoms with van der Waals surface area (Å²) in [5.74, 6) is 0. The Morgan fingerprint density at radius 3 is 1.62 bits per heavy atom. The highest BCUT2D eigenvalue weighted by Gasteiger charge is 2.05. The summed E-state index contributed by atoms with van der Waals surface area (Å²) in [5, 5.41) is 4.73. The molecule has 0 N–H and O–H groups in total. The minimum atomic E-state index is 0.908. The van der Waals surface area contributed by atoms with Crippen LogP contribution in [0.4, 0.5) is 0 Å². The maximum Gasteiger partial charge on any atom is -0.00765 e. The minimum Gasteiger partial charge on any atom is -0.0998 e. The first kappa shape index (κ1) is 40.4. The molecule has 0 nitrogen and oxygen atoms in total. The van der Waals surface area contributed by atoms with Gasteiger partial charge in [0.15, 0.2) is 0 Å². The number of benzene rings is 2. The zero-order valence-corrected chi connectivity index (χ0v) is 28.2. The van der Waals surface area contributed by atoms with Gasteiger partial charge in [0, 0.05) is 0 Å². The fourth-order valence-electron chi connectivity index (χ4n) is 3.80. The number of hydrogen-bond donors (Lipinski definition) is 0. The summed E-state index contributed by atoms with van der Waals surface area (Å²) in [6.07, 6.45) is 9.37. The molecule has 0 fully saturated rings. The summed E-state index contributed by atoms with van der Waals surface area (Å²) < 4.78 is 0. The van der Waals surface area contributed by atoms with Gasteiger partial charge in [-0.2, -0.15) is 0 Å². The Labute approximate surface area is 243 Å². The van der Waals surface area contributed by atoms with Crippen LogP contribution >= 0.6 is 0 Å². The third-order valence-electron chi connectivity index (χ3n) is 5.50. The van der Waals surface area contributed by atoms with Crippen LogP contribution in [0.2, 0.25) is 0 Å². The first-order valence-electron chi connectivity index (χ1n) is 14.8. The number of allylic oxidation sites excluding steroid dienone is 7. The van der Waals surface area contributed by atoms with Crippen molar-refractivity contribution in [2.24, 2.45) is 0 Å². The Morgan fingerprint density at radius 2 is 1.18 bits per heavy atom. The third kappa shape index (κ3) is 13.5. The van der Waals surface area contributed by atoms with E-state index in [1.165, 1.54) is 43.5 Å². The van der Waals surface area contributed by atoms with E-state index < -0.39 is 0 Å². The van der Waals surface area contributed by atoms with E-state index in [9.17, 15) is 0 Å². The fourth-order valence-corrected chi connectivity index (χ4v) is 3.80. The van der Waals surface area contributed by atoms with Crippen LogP contribution < -0.4 is 10.4 Å². The van der Waals surface area contributed by atoms with Gasteiger partial charge in [-0.3, -0.25) is 0 Å². The summed E-state index contributed by atoms with van der Waals surface area (Å²) in [6.45, 7) is 45.2. The molecule has 2 aromatic rings. The van der Waals surface area contributed by atoms with E-state index in [1.807, 2.05) is 74.5 Å². The fraction of sp³-hybridized carbons (Fsp3) is 0.385. The lowest BCUT2D eigenvalue weighted by Gasteiger charge is -2.09. The monoisotopic (exact) mass is 528 g/mol. The molecule has 2 aromatic carbocycles. The highest BCUT2D eigenvalue weighted by molar-refractivity contribution is 5.73. The standard InChI is InChI=1S/C31H36.4C2H6/c1-11-27-19-29(23(7)15-13-21(4)5)18-26(10)31(27)30-24(8)16-28(17-25(30)9)22(6)14-12-20(2)3;4*1-2/h11-12,14-19H,2,4,6,8,13H2,1,3,5,7,9-10H3;4*1-2H3/b14-12-,23-15+,27-11-,31-30+;;;;. The Kier molecular flexibility index (Phi) is 23.6. The van der Waals surface area contributed by atoms with Gasteiger partial charge in [0.05, 0.1) is 0 Å². The Balaban J connectivity index is -0.00000148. The first-order chi connectivity index (χ1) is 18.5. The van der Waals surface area contributed by atoms with E-state index in [0.29, 0.717) is 0 Å². The third-order valence-corrected chi connectivity index (χ3v) is 5.50. The largest absolute Gasteiger partial charge is 0.0998 e. The van der Waals surface area contributed by atoms with Crippen molar-refractivity contribution in [3.05, 3.63) is 117 Å². The molecular formula is C39H60. The highest BCUT2D eigenvalue weighted by Crippen LogP contribution is 2.18. The average molecular weight is 529 g/mol. The molecule has 0 saturated carbocycles. The molecule has 0 aliphatic carbocycles. The molecule has 0 radical (unpaired) electrons. The van der Waals surface area contributed by atoms with Crippen molar-refractivity contribution in [2.75, 3.05) is 0 Å². The van der Waals surface area contributed by atoms with E-state index >= 15 is 0 Å². The SMILES string of the molecule is C=C(C)/C=C\C(=C)c1cc(C)/c(=c2\c(C)cc(/C(C)=C/CC(=C)C)c\c2=C\C)c(=C)c1.CC.CC.CC.CC. The van der Waals surface area contributed by atoms with Gasteiger partial charge in [-0.25, -0.2) is 0 Å². The summed E-state index contributed by atoms with van der Waals surface area (Å²) in [5.41, 5.74) is 9.25. The maximum absolute atomic E-state index is 4.40. The predicted octanol–water partition coefficient (Wildman–Crippen LogP) is 11.4. The van der Waals surface area contributed by atoms with E-state index in [1.54, 1.807) is 0 Å². The van der Waals surface area contributed by atoms with Crippen molar-refractivity contribution in [2.45, 2.75) is 103 Å². The second-order valence-electron chi connectivity index (χ2n) is 8.63. The van der Waals surface area contributed by atoms with Crippen molar-refractivity contribution in [3.8, 4) is 0 Å². The molecule has 0 atom stereocenters. The number of rotatable bonds is 6. The van der Waals surface area contributed by atoms with Crippen LogP contribution in [-0.4, -0.2) is 0 Å². The summed E-state index contributed by atoms with van der Waals surface area (Å²) in [6, 6.07) is 8.92. The summed E-state index contributed by atoms with van der Waals surface area (Å²) in [7, 11) is 0. The number of hydrogen-bond acceptors (Lipinski definition) is 0. The Morgan fingerprint density at radius 1 is 0.692 bits per heavy atom. The highest BCUT2D eigenvalue weighted by atomic mass is 14.1. The van der Waals surface area contributed by atoms with Gasteiger partial charge in [-0.15, -0.1) is 0 Å². The van der Waals surface area contributed by atoms with Crippen molar-refractivity contribution >= 4 is 23.8 Å². The molecule has 0 spiro atoms. The molecular weight excluding hydrogens is 468 g/mol. The second-order valence-corrected chi connectivity index (χ2v) is 8.63. The molecule has 0 heteroatoms. The van der Waals surface area contributed by atoms with Gasteiger partial charge in [0.1, 0.15) is 0 Å². The smallest absolute Gasteiger partial charge is 0.00765 e. The Bertz CT molecular complexity index is 1310. The lowest BCUT2D eigenvalue weighted by atomic mass is 9.95. The van der Waals surface area contributed by atoms with E-state index in [-0.39, 0.29) is 0 Å². The zero-order chi connectivity index (χ0) is 31.3. The van der Waals surface area contributed by atoms with Gasteiger partial charge >= 0.3 is 0 Å². The first-order valence-corrected chi connectivity index (χ1v) is 14.8.